The number of nitrogens with two attached hydrogens (primary N) is 1. The Morgan fingerprint density at radius 1 is 1.20 bits per heavy atom. The van der Waals surface area contributed by atoms with Crippen LogP contribution in [0.3, 0.4) is 0 Å². The molecule has 0 spiro atoms. The minimum absolute atomic E-state index is 0.309. The summed E-state index contributed by atoms with van der Waals surface area (Å²) >= 11 is 5.94. The van der Waals surface area contributed by atoms with Gasteiger partial charge in [-0.15, -0.1) is 0 Å². The molecule has 1 saturated heterocycles. The molecule has 0 bridgehead atoms. The zero-order chi connectivity index (χ0) is 14.8. The molecule has 112 valence electrons. The summed E-state index contributed by atoms with van der Waals surface area (Å²) in [5.41, 5.74) is 7.95. The van der Waals surface area contributed by atoms with Crippen molar-refractivity contribution in [3.05, 3.63) is 34.9 Å². The first-order chi connectivity index (χ1) is 9.32. The SMILES string of the molecule is CC(C)(C)CC1CC(N)CN(Cc2ccc(Cl)cc2)C1. The van der Waals surface area contributed by atoms with Crippen molar-refractivity contribution in [2.24, 2.45) is 17.1 Å². The van der Waals surface area contributed by atoms with Gasteiger partial charge in [-0.1, -0.05) is 44.5 Å². The highest BCUT2D eigenvalue weighted by molar-refractivity contribution is 6.30. The molecule has 2 rings (SSSR count). The minimum atomic E-state index is 0.309. The molecule has 2 N–H and O–H groups in total. The predicted octanol–water partition coefficient (Wildman–Crippen LogP) is 3.93. The lowest BCUT2D eigenvalue weighted by Gasteiger charge is -2.38. The number of piperidine rings is 1. The second kappa shape index (κ2) is 6.46. The Balaban J connectivity index is 1.95. The van der Waals surface area contributed by atoms with Crippen LogP contribution in [0, 0.1) is 11.3 Å². The van der Waals surface area contributed by atoms with Crippen molar-refractivity contribution in [1.82, 2.24) is 4.90 Å². The maximum Gasteiger partial charge on any atom is 0.0406 e. The van der Waals surface area contributed by atoms with Crippen LogP contribution in [-0.4, -0.2) is 24.0 Å². The van der Waals surface area contributed by atoms with E-state index in [0.29, 0.717) is 17.4 Å². The fourth-order valence-corrected chi connectivity index (χ4v) is 3.47. The van der Waals surface area contributed by atoms with E-state index < -0.39 is 0 Å². The molecule has 2 atom stereocenters. The van der Waals surface area contributed by atoms with Crippen molar-refractivity contribution in [3.63, 3.8) is 0 Å². The number of nitrogens with zero attached hydrogens (tertiary/aromatic N) is 1. The lowest BCUT2D eigenvalue weighted by atomic mass is 9.80. The first kappa shape index (κ1) is 15.8. The van der Waals surface area contributed by atoms with Gasteiger partial charge in [0.25, 0.3) is 0 Å². The Morgan fingerprint density at radius 3 is 2.45 bits per heavy atom. The molecule has 1 aliphatic rings. The topological polar surface area (TPSA) is 29.3 Å². The molecule has 1 aliphatic heterocycles. The molecular weight excluding hydrogens is 268 g/mol. The predicted molar refractivity (Wildman–Crippen MR) is 86.9 cm³/mol. The molecule has 0 aromatic heterocycles. The van der Waals surface area contributed by atoms with Crippen LogP contribution < -0.4 is 5.73 Å². The zero-order valence-corrected chi connectivity index (χ0v) is 13.7. The smallest absolute Gasteiger partial charge is 0.0406 e. The summed E-state index contributed by atoms with van der Waals surface area (Å²) in [7, 11) is 0. The molecule has 20 heavy (non-hydrogen) atoms. The molecule has 0 aliphatic carbocycles. The van der Waals surface area contributed by atoms with Gasteiger partial charge in [-0.05, 0) is 41.9 Å². The molecular formula is C17H27ClN2. The van der Waals surface area contributed by atoms with E-state index in [0.717, 1.165) is 31.1 Å². The number of likely N-dealkylation sites (tertiary alicyclic amines) is 1. The Labute approximate surface area is 128 Å². The maximum absolute atomic E-state index is 6.25. The third-order valence-corrected chi connectivity index (χ3v) is 4.12. The number of rotatable bonds is 3. The van der Waals surface area contributed by atoms with E-state index >= 15 is 0 Å². The number of benzene rings is 1. The molecule has 1 heterocycles. The van der Waals surface area contributed by atoms with Crippen molar-refractivity contribution in [1.29, 1.82) is 0 Å². The second-order valence-corrected chi connectivity index (χ2v) is 7.88. The monoisotopic (exact) mass is 294 g/mol. The van der Waals surface area contributed by atoms with Gasteiger partial charge in [-0.2, -0.15) is 0 Å². The number of hydrogen-bond donors (Lipinski definition) is 1. The van der Waals surface area contributed by atoms with Crippen molar-refractivity contribution in [2.75, 3.05) is 13.1 Å². The van der Waals surface area contributed by atoms with E-state index in [2.05, 4.69) is 37.8 Å². The van der Waals surface area contributed by atoms with Crippen molar-refractivity contribution < 1.29 is 0 Å². The first-order valence-corrected chi connectivity index (χ1v) is 7.92. The van der Waals surface area contributed by atoms with Gasteiger partial charge in [-0.3, -0.25) is 4.90 Å². The van der Waals surface area contributed by atoms with Crippen molar-refractivity contribution in [3.8, 4) is 0 Å². The van der Waals surface area contributed by atoms with Gasteiger partial charge < -0.3 is 5.73 Å². The number of halogens is 1. The maximum atomic E-state index is 6.25. The summed E-state index contributed by atoms with van der Waals surface area (Å²) in [5, 5.41) is 0.801. The lowest BCUT2D eigenvalue weighted by molar-refractivity contribution is 0.121. The summed E-state index contributed by atoms with van der Waals surface area (Å²) in [5.74, 6) is 0.714. The average molecular weight is 295 g/mol. The van der Waals surface area contributed by atoms with Gasteiger partial charge >= 0.3 is 0 Å². The highest BCUT2D eigenvalue weighted by Crippen LogP contribution is 2.30. The largest absolute Gasteiger partial charge is 0.327 e. The molecule has 2 nitrogen and oxygen atoms in total. The van der Waals surface area contributed by atoms with E-state index in [-0.39, 0.29) is 0 Å². The summed E-state index contributed by atoms with van der Waals surface area (Å²) < 4.78 is 0. The molecule has 1 aromatic carbocycles. The van der Waals surface area contributed by atoms with E-state index in [1.165, 1.54) is 12.0 Å². The molecule has 2 unspecified atom stereocenters. The van der Waals surface area contributed by atoms with Crippen LogP contribution in [0.1, 0.15) is 39.2 Å². The fourth-order valence-electron chi connectivity index (χ4n) is 3.34. The Bertz CT molecular complexity index is 422. The summed E-state index contributed by atoms with van der Waals surface area (Å²) in [6.07, 6.45) is 2.41. The molecule has 0 radical (unpaired) electrons. The van der Waals surface area contributed by atoms with Crippen LogP contribution >= 0.6 is 11.6 Å². The van der Waals surface area contributed by atoms with Gasteiger partial charge in [0.2, 0.25) is 0 Å². The number of hydrogen-bond acceptors (Lipinski definition) is 2. The molecule has 0 amide bonds. The van der Waals surface area contributed by atoms with Crippen LogP contribution in [0.15, 0.2) is 24.3 Å². The van der Waals surface area contributed by atoms with Crippen LogP contribution in [-0.2, 0) is 6.54 Å². The van der Waals surface area contributed by atoms with Crippen LogP contribution in [0.25, 0.3) is 0 Å². The quantitative estimate of drug-likeness (QED) is 0.915. The third kappa shape index (κ3) is 5.08. The summed E-state index contributed by atoms with van der Waals surface area (Å²) in [6.45, 7) is 10.1. The Morgan fingerprint density at radius 2 is 1.85 bits per heavy atom. The normalized spacial score (nSPS) is 24.9. The molecule has 0 saturated carbocycles. The van der Waals surface area contributed by atoms with Gasteiger partial charge in [0, 0.05) is 30.7 Å². The van der Waals surface area contributed by atoms with Crippen molar-refractivity contribution >= 4 is 11.6 Å². The second-order valence-electron chi connectivity index (χ2n) is 7.45. The third-order valence-electron chi connectivity index (χ3n) is 3.87. The standard InChI is InChI=1S/C17H27ClN2/c1-17(2,3)9-14-8-16(19)12-20(11-14)10-13-4-6-15(18)7-5-13/h4-7,14,16H,8-12,19H2,1-3H3. The highest BCUT2D eigenvalue weighted by atomic mass is 35.5. The van der Waals surface area contributed by atoms with Gasteiger partial charge in [0.05, 0.1) is 0 Å². The highest BCUT2D eigenvalue weighted by Gasteiger charge is 2.28. The average Bonchev–Trinajstić information content (AvgIpc) is 2.29. The molecule has 1 fully saturated rings. The molecule has 1 aromatic rings. The zero-order valence-electron chi connectivity index (χ0n) is 12.9. The fraction of sp³-hybridized carbons (Fsp3) is 0.647. The Hall–Kier alpha value is -0.570. The van der Waals surface area contributed by atoms with Gasteiger partial charge in [0.1, 0.15) is 0 Å². The Kier molecular flexibility index (Phi) is 5.11. The van der Waals surface area contributed by atoms with Crippen LogP contribution in [0.4, 0.5) is 0 Å². The van der Waals surface area contributed by atoms with E-state index in [9.17, 15) is 0 Å². The van der Waals surface area contributed by atoms with Crippen molar-refractivity contribution in [2.45, 2.75) is 46.2 Å². The first-order valence-electron chi connectivity index (χ1n) is 7.54. The van der Waals surface area contributed by atoms with Gasteiger partial charge in [0.15, 0.2) is 0 Å². The van der Waals surface area contributed by atoms with Gasteiger partial charge in [-0.25, -0.2) is 0 Å². The summed E-state index contributed by atoms with van der Waals surface area (Å²) in [6, 6.07) is 8.46. The molecule has 3 heteroatoms. The van der Waals surface area contributed by atoms with E-state index in [4.69, 9.17) is 17.3 Å². The summed E-state index contributed by atoms with van der Waals surface area (Å²) in [4.78, 5) is 2.49. The van der Waals surface area contributed by atoms with Crippen LogP contribution in [0.2, 0.25) is 5.02 Å². The van der Waals surface area contributed by atoms with E-state index in [1.54, 1.807) is 0 Å². The van der Waals surface area contributed by atoms with Crippen LogP contribution in [0.5, 0.6) is 0 Å². The van der Waals surface area contributed by atoms with E-state index in [1.807, 2.05) is 12.1 Å². The minimum Gasteiger partial charge on any atom is -0.327 e. The lowest BCUT2D eigenvalue weighted by Crippen LogP contribution is -2.47.